The Balaban J connectivity index is 1.95. The number of rotatable bonds is 37. The standard InChI is InChI=1S/C55H84N12O12S/c1-31(2)26-42(64-48(71)37(58)27-34-16-8-7-9-17-34)53(76)61-39(20-12-14-23-56)49(72)63-41(22-25-80-6)51(74)65-43(28-35-30-59-38-19-11-10-18-36(35)38)54(77)62-40(21-13-15-24-57)50(73)66-44(29-45(68)69)52(75)60-33(5)47(70)67-46(32(3)4)55(78)79/h7-11,16-19,30-33,37,39-44,46,59H,12-15,20-29,56-58H2,1-6H3,(H,60,75)(H,61,76)(H,62,77)(H,63,72)(H,64,71)(H,65,74)(H,66,73)(H,67,70)(H,68,69)(H,78,79)/t33-,37-,39-,40-,41-,42-,43-,44-,46-/m0/s1. The Morgan fingerprint density at radius 3 is 1.56 bits per heavy atom. The smallest absolute Gasteiger partial charge is 0.326 e. The molecule has 3 rings (SSSR count). The lowest BCUT2D eigenvalue weighted by atomic mass is 10.00. The number of nitrogens with one attached hydrogen (secondary N) is 9. The number of aromatic nitrogens is 1. The van der Waals surface area contributed by atoms with E-state index in [2.05, 4.69) is 47.5 Å². The van der Waals surface area contributed by atoms with E-state index in [-0.39, 0.29) is 57.4 Å². The van der Waals surface area contributed by atoms with Crippen molar-refractivity contribution in [1.82, 2.24) is 47.5 Å². The summed E-state index contributed by atoms with van der Waals surface area (Å²) in [6, 6.07) is 4.59. The first-order valence-electron chi connectivity index (χ1n) is 27.1. The highest BCUT2D eigenvalue weighted by Gasteiger charge is 2.36. The number of carboxylic acid groups (broad SMARTS) is 2. The zero-order valence-electron chi connectivity index (χ0n) is 46.6. The predicted octanol–water partition coefficient (Wildman–Crippen LogP) is 0.451. The average molecular weight is 1140 g/mol. The number of aliphatic carboxylic acids is 2. The van der Waals surface area contributed by atoms with Gasteiger partial charge in [-0.25, -0.2) is 4.79 Å². The Morgan fingerprint density at radius 1 is 0.550 bits per heavy atom. The van der Waals surface area contributed by atoms with Crippen LogP contribution in [0.25, 0.3) is 10.9 Å². The van der Waals surface area contributed by atoms with Gasteiger partial charge in [-0.2, -0.15) is 11.8 Å². The summed E-state index contributed by atoms with van der Waals surface area (Å²) in [5.41, 5.74) is 20.0. The van der Waals surface area contributed by atoms with Gasteiger partial charge in [-0.05, 0) is 119 Å². The zero-order valence-corrected chi connectivity index (χ0v) is 47.5. The monoisotopic (exact) mass is 1140 g/mol. The highest BCUT2D eigenvalue weighted by atomic mass is 32.2. The molecule has 442 valence electrons. The molecule has 0 aliphatic rings. The molecule has 0 saturated carbocycles. The lowest BCUT2D eigenvalue weighted by Crippen LogP contribution is -2.60. The third kappa shape index (κ3) is 22.9. The summed E-state index contributed by atoms with van der Waals surface area (Å²) in [6.07, 6.45) is 4.56. The van der Waals surface area contributed by atoms with Gasteiger partial charge < -0.3 is 74.9 Å². The first kappa shape index (κ1) is 67.2. The number of carbonyl (C=O) groups is 10. The number of aromatic amines is 1. The third-order valence-electron chi connectivity index (χ3n) is 13.1. The van der Waals surface area contributed by atoms with E-state index in [0.717, 1.165) is 16.5 Å². The van der Waals surface area contributed by atoms with Crippen LogP contribution >= 0.6 is 11.8 Å². The third-order valence-corrected chi connectivity index (χ3v) is 13.7. The first-order chi connectivity index (χ1) is 38.0. The molecule has 0 aliphatic heterocycles. The summed E-state index contributed by atoms with van der Waals surface area (Å²) < 4.78 is 0. The zero-order chi connectivity index (χ0) is 59.5. The summed E-state index contributed by atoms with van der Waals surface area (Å²) >= 11 is 1.39. The molecule has 0 spiro atoms. The van der Waals surface area contributed by atoms with Crippen LogP contribution in [0.15, 0.2) is 60.8 Å². The number of hydrogen-bond donors (Lipinski definition) is 14. The second kappa shape index (κ2) is 34.8. The minimum absolute atomic E-state index is 0.0552. The van der Waals surface area contributed by atoms with Crippen LogP contribution in [0.1, 0.15) is 104 Å². The maximum absolute atomic E-state index is 14.7. The van der Waals surface area contributed by atoms with E-state index in [0.29, 0.717) is 37.1 Å². The van der Waals surface area contributed by atoms with E-state index < -0.39 is 126 Å². The van der Waals surface area contributed by atoms with E-state index in [4.69, 9.17) is 17.2 Å². The Kier molecular flexibility index (Phi) is 29.2. The van der Waals surface area contributed by atoms with E-state index in [1.54, 1.807) is 32.4 Å². The number of para-hydroxylation sites is 1. The molecule has 17 N–H and O–H groups in total. The number of amides is 8. The Morgan fingerprint density at radius 2 is 1.04 bits per heavy atom. The Bertz CT molecular complexity index is 2530. The Hall–Kier alpha value is -7.09. The van der Waals surface area contributed by atoms with Crippen LogP contribution in [-0.2, 0) is 60.8 Å². The van der Waals surface area contributed by atoms with Gasteiger partial charge in [0.1, 0.15) is 48.3 Å². The van der Waals surface area contributed by atoms with Gasteiger partial charge in [-0.3, -0.25) is 43.2 Å². The molecule has 9 atom stereocenters. The van der Waals surface area contributed by atoms with Gasteiger partial charge in [-0.15, -0.1) is 0 Å². The minimum Gasteiger partial charge on any atom is -0.481 e. The van der Waals surface area contributed by atoms with Crippen LogP contribution < -0.4 is 59.7 Å². The fraction of sp³-hybridized carbons (Fsp3) is 0.564. The largest absolute Gasteiger partial charge is 0.481 e. The normalized spacial score (nSPS) is 14.7. The lowest BCUT2D eigenvalue weighted by molar-refractivity contribution is -0.144. The van der Waals surface area contributed by atoms with Gasteiger partial charge in [0.25, 0.3) is 0 Å². The summed E-state index contributed by atoms with van der Waals surface area (Å²) in [5, 5.41) is 40.9. The fourth-order valence-corrected chi connectivity index (χ4v) is 9.09. The quantitative estimate of drug-likeness (QED) is 0.0349. The predicted molar refractivity (Wildman–Crippen MR) is 304 cm³/mol. The summed E-state index contributed by atoms with van der Waals surface area (Å²) in [7, 11) is 0. The molecule has 80 heavy (non-hydrogen) atoms. The van der Waals surface area contributed by atoms with Crippen molar-refractivity contribution in [2.75, 3.05) is 25.1 Å². The molecule has 0 saturated heterocycles. The van der Waals surface area contributed by atoms with Crippen LogP contribution in [-0.4, -0.2) is 154 Å². The number of carbonyl (C=O) groups excluding carboxylic acids is 8. The van der Waals surface area contributed by atoms with E-state index in [1.165, 1.54) is 18.7 Å². The molecule has 25 heteroatoms. The molecule has 1 aromatic heterocycles. The molecule has 8 amide bonds. The molecule has 0 radical (unpaired) electrons. The lowest BCUT2D eigenvalue weighted by Gasteiger charge is -2.28. The molecule has 2 aromatic carbocycles. The van der Waals surface area contributed by atoms with Gasteiger partial charge in [0.05, 0.1) is 12.5 Å². The van der Waals surface area contributed by atoms with E-state index >= 15 is 0 Å². The molecule has 0 fully saturated rings. The van der Waals surface area contributed by atoms with Gasteiger partial charge in [0, 0.05) is 23.5 Å². The highest BCUT2D eigenvalue weighted by Crippen LogP contribution is 2.20. The average Bonchev–Trinajstić information content (AvgIpc) is 3.81. The van der Waals surface area contributed by atoms with Crippen LogP contribution in [0.2, 0.25) is 0 Å². The van der Waals surface area contributed by atoms with Crippen LogP contribution in [0.5, 0.6) is 0 Å². The van der Waals surface area contributed by atoms with Crippen molar-refractivity contribution >= 4 is 81.9 Å². The van der Waals surface area contributed by atoms with Gasteiger partial charge in [0.2, 0.25) is 47.3 Å². The molecule has 3 aromatic rings. The maximum Gasteiger partial charge on any atom is 0.326 e. The van der Waals surface area contributed by atoms with E-state index in [9.17, 15) is 58.2 Å². The van der Waals surface area contributed by atoms with E-state index in [1.807, 2.05) is 62.4 Å². The first-order valence-corrected chi connectivity index (χ1v) is 28.5. The number of carboxylic acids is 2. The number of hydrogen-bond acceptors (Lipinski definition) is 14. The summed E-state index contributed by atoms with van der Waals surface area (Å²) in [5.74, 6) is -9.51. The molecule has 24 nitrogen and oxygen atoms in total. The highest BCUT2D eigenvalue weighted by molar-refractivity contribution is 7.98. The van der Waals surface area contributed by atoms with Crippen LogP contribution in [0, 0.1) is 11.8 Å². The van der Waals surface area contributed by atoms with Gasteiger partial charge in [0.15, 0.2) is 0 Å². The number of thioether (sulfide) groups is 1. The topological polar surface area (TPSA) is 401 Å². The Labute approximate surface area is 471 Å². The molecular formula is C55H84N12O12S. The van der Waals surface area contributed by atoms with Gasteiger partial charge in [-0.1, -0.05) is 76.2 Å². The van der Waals surface area contributed by atoms with Crippen LogP contribution in [0.3, 0.4) is 0 Å². The molecule has 0 bridgehead atoms. The number of nitrogens with two attached hydrogens (primary N) is 3. The SMILES string of the molecule is CSCC[C@H](NC(=O)[C@H](CCCCN)NC(=O)[C@H](CC(C)C)NC(=O)[C@@H](N)Cc1ccccc1)C(=O)N[C@@H](Cc1c[nH]c2ccccc12)C(=O)N[C@@H](CCCCN)C(=O)N[C@@H](CC(=O)O)C(=O)N[C@@H](C)C(=O)N[C@H](C(=O)O)C(C)C. The molecule has 0 unspecified atom stereocenters. The number of fused-ring (bicyclic) bond motifs is 1. The summed E-state index contributed by atoms with van der Waals surface area (Å²) in [4.78, 5) is 139. The fourth-order valence-electron chi connectivity index (χ4n) is 8.62. The second-order valence-electron chi connectivity index (χ2n) is 20.6. The van der Waals surface area contributed by atoms with Gasteiger partial charge >= 0.3 is 11.9 Å². The second-order valence-corrected chi connectivity index (χ2v) is 21.6. The minimum atomic E-state index is -1.78. The number of unbranched alkanes of at least 4 members (excludes halogenated alkanes) is 2. The molecule has 1 heterocycles. The van der Waals surface area contributed by atoms with Crippen molar-refractivity contribution in [3.8, 4) is 0 Å². The number of H-pyrrole nitrogens is 1. The summed E-state index contributed by atoms with van der Waals surface area (Å²) in [6.45, 7) is 8.65. The van der Waals surface area contributed by atoms with Crippen molar-refractivity contribution in [1.29, 1.82) is 0 Å². The van der Waals surface area contributed by atoms with Crippen molar-refractivity contribution in [2.45, 2.75) is 160 Å². The molecular weight excluding hydrogens is 1050 g/mol. The van der Waals surface area contributed by atoms with Crippen molar-refractivity contribution in [2.24, 2.45) is 29.0 Å². The molecule has 0 aliphatic carbocycles. The van der Waals surface area contributed by atoms with Crippen molar-refractivity contribution in [3.63, 3.8) is 0 Å². The van der Waals surface area contributed by atoms with Crippen LogP contribution in [0.4, 0.5) is 0 Å². The number of benzene rings is 2. The van der Waals surface area contributed by atoms with Crippen molar-refractivity contribution in [3.05, 3.63) is 71.9 Å². The van der Waals surface area contributed by atoms with Crippen molar-refractivity contribution < 1.29 is 58.2 Å². The maximum atomic E-state index is 14.7.